The number of rotatable bonds is 7. The standard InChI is InChI=1S/C27H22O7/c1-15-2-3-16(8-21(15)17-10-18(25(29)30)12-19(11-17)26(31)32)9-24(28)27(6-7-27)20-4-5-22-23(13-20)34-14-33-22/h2-5,8,10-13H,6-7,9,14H2,1H3,(H,29,30)(H,31,32). The first-order valence-electron chi connectivity index (χ1n) is 10.9. The highest BCUT2D eigenvalue weighted by Crippen LogP contribution is 2.51. The number of hydrogen-bond acceptors (Lipinski definition) is 5. The predicted octanol–water partition coefficient (Wildman–Crippen LogP) is 4.63. The van der Waals surface area contributed by atoms with Gasteiger partial charge in [-0.2, -0.15) is 0 Å². The van der Waals surface area contributed by atoms with Crippen LogP contribution < -0.4 is 9.47 Å². The lowest BCUT2D eigenvalue weighted by molar-refractivity contribution is -0.120. The van der Waals surface area contributed by atoms with Gasteiger partial charge in [0.15, 0.2) is 11.5 Å². The van der Waals surface area contributed by atoms with E-state index in [2.05, 4.69) is 0 Å². The summed E-state index contributed by atoms with van der Waals surface area (Å²) in [6.07, 6.45) is 1.76. The van der Waals surface area contributed by atoms with Gasteiger partial charge in [-0.1, -0.05) is 24.3 Å². The van der Waals surface area contributed by atoms with Gasteiger partial charge in [0.25, 0.3) is 0 Å². The number of aromatic carboxylic acids is 2. The summed E-state index contributed by atoms with van der Waals surface area (Å²) in [5.74, 6) is -0.964. The molecule has 1 heterocycles. The summed E-state index contributed by atoms with van der Waals surface area (Å²) >= 11 is 0. The van der Waals surface area contributed by atoms with Crippen molar-refractivity contribution in [2.75, 3.05) is 6.79 Å². The third-order valence-electron chi connectivity index (χ3n) is 6.61. The molecule has 0 radical (unpaired) electrons. The van der Waals surface area contributed by atoms with Crippen LogP contribution in [0.25, 0.3) is 11.1 Å². The Bertz CT molecular complexity index is 1320. The first-order valence-corrected chi connectivity index (χ1v) is 10.9. The van der Waals surface area contributed by atoms with Crippen LogP contribution >= 0.6 is 0 Å². The van der Waals surface area contributed by atoms with E-state index in [1.165, 1.54) is 12.1 Å². The van der Waals surface area contributed by atoms with Crippen LogP contribution in [0.1, 0.15) is 50.2 Å². The fourth-order valence-electron chi connectivity index (χ4n) is 4.52. The first kappa shape index (κ1) is 21.7. The topological polar surface area (TPSA) is 110 Å². The van der Waals surface area contributed by atoms with E-state index in [0.717, 1.165) is 35.6 Å². The van der Waals surface area contributed by atoms with Crippen molar-refractivity contribution in [1.82, 2.24) is 0 Å². The van der Waals surface area contributed by atoms with Gasteiger partial charge in [-0.25, -0.2) is 9.59 Å². The molecule has 1 saturated carbocycles. The zero-order valence-corrected chi connectivity index (χ0v) is 18.5. The van der Waals surface area contributed by atoms with Crippen molar-refractivity contribution in [1.29, 1.82) is 0 Å². The van der Waals surface area contributed by atoms with Crippen LogP contribution in [-0.4, -0.2) is 34.7 Å². The first-order chi connectivity index (χ1) is 16.3. The monoisotopic (exact) mass is 458 g/mol. The highest BCUT2D eigenvalue weighted by Gasteiger charge is 2.50. The second-order valence-electron chi connectivity index (χ2n) is 8.81. The summed E-state index contributed by atoms with van der Waals surface area (Å²) < 4.78 is 10.8. The molecule has 7 nitrogen and oxygen atoms in total. The number of carboxylic acid groups (broad SMARTS) is 2. The molecule has 7 heteroatoms. The fourth-order valence-corrected chi connectivity index (χ4v) is 4.52. The van der Waals surface area contributed by atoms with E-state index in [9.17, 15) is 24.6 Å². The van der Waals surface area contributed by atoms with Crippen LogP contribution in [-0.2, 0) is 16.6 Å². The molecular weight excluding hydrogens is 436 g/mol. The molecular formula is C27H22O7. The zero-order chi connectivity index (χ0) is 24.0. The van der Waals surface area contributed by atoms with E-state index in [0.29, 0.717) is 22.6 Å². The maximum absolute atomic E-state index is 13.4. The van der Waals surface area contributed by atoms with Crippen LogP contribution in [0.4, 0.5) is 0 Å². The number of hydrogen-bond donors (Lipinski definition) is 2. The molecule has 0 aromatic heterocycles. The molecule has 0 spiro atoms. The fraction of sp³-hybridized carbons (Fsp3) is 0.222. The van der Waals surface area contributed by atoms with Gasteiger partial charge in [0.1, 0.15) is 5.78 Å². The summed E-state index contributed by atoms with van der Waals surface area (Å²) in [6, 6.07) is 15.3. The summed E-state index contributed by atoms with van der Waals surface area (Å²) in [7, 11) is 0. The van der Waals surface area contributed by atoms with Gasteiger partial charge in [0.05, 0.1) is 16.5 Å². The van der Waals surface area contributed by atoms with Crippen molar-refractivity contribution in [3.63, 3.8) is 0 Å². The highest BCUT2D eigenvalue weighted by atomic mass is 16.7. The smallest absolute Gasteiger partial charge is 0.335 e. The van der Waals surface area contributed by atoms with Gasteiger partial charge < -0.3 is 19.7 Å². The van der Waals surface area contributed by atoms with Crippen molar-refractivity contribution in [3.05, 3.63) is 82.4 Å². The van der Waals surface area contributed by atoms with Crippen molar-refractivity contribution >= 4 is 17.7 Å². The molecule has 3 aromatic rings. The number of carboxylic acids is 2. The normalized spacial score (nSPS) is 15.1. The summed E-state index contributed by atoms with van der Waals surface area (Å²) in [5.41, 5.74) is 3.01. The van der Waals surface area contributed by atoms with Gasteiger partial charge >= 0.3 is 11.9 Å². The number of ketones is 1. The third kappa shape index (κ3) is 3.79. The van der Waals surface area contributed by atoms with E-state index < -0.39 is 17.4 Å². The zero-order valence-electron chi connectivity index (χ0n) is 18.5. The molecule has 0 saturated heterocycles. The van der Waals surface area contributed by atoms with E-state index in [-0.39, 0.29) is 30.1 Å². The molecule has 0 unspecified atom stereocenters. The van der Waals surface area contributed by atoms with Gasteiger partial charge in [-0.3, -0.25) is 4.79 Å². The van der Waals surface area contributed by atoms with Crippen molar-refractivity contribution in [2.24, 2.45) is 0 Å². The Hall–Kier alpha value is -4.13. The van der Waals surface area contributed by atoms with Crippen LogP contribution in [0, 0.1) is 6.92 Å². The molecule has 0 atom stereocenters. The van der Waals surface area contributed by atoms with Crippen molar-refractivity contribution < 1.29 is 34.1 Å². The number of carbonyl (C=O) groups excluding carboxylic acids is 1. The Balaban J connectivity index is 1.45. The van der Waals surface area contributed by atoms with Crippen LogP contribution in [0.5, 0.6) is 11.5 Å². The molecule has 3 aromatic carbocycles. The number of carbonyl (C=O) groups is 3. The average molecular weight is 458 g/mol. The predicted molar refractivity (Wildman–Crippen MR) is 123 cm³/mol. The Morgan fingerprint density at radius 3 is 2.18 bits per heavy atom. The SMILES string of the molecule is Cc1ccc(CC(=O)C2(c3ccc4c(c3)OCO4)CC2)cc1-c1cc(C(=O)O)cc(C(=O)O)c1. The van der Waals surface area contributed by atoms with Gasteiger partial charge in [-0.05, 0) is 77.9 Å². The molecule has 5 rings (SSSR count). The van der Waals surface area contributed by atoms with Crippen molar-refractivity contribution in [2.45, 2.75) is 31.6 Å². The number of ether oxygens (including phenoxy) is 2. The molecule has 34 heavy (non-hydrogen) atoms. The van der Waals surface area contributed by atoms with E-state index in [4.69, 9.17) is 9.47 Å². The number of benzene rings is 3. The van der Waals surface area contributed by atoms with Crippen LogP contribution in [0.15, 0.2) is 54.6 Å². The highest BCUT2D eigenvalue weighted by molar-refractivity contribution is 5.97. The lowest BCUT2D eigenvalue weighted by atomic mass is 9.86. The molecule has 1 fully saturated rings. The minimum Gasteiger partial charge on any atom is -0.478 e. The second kappa shape index (κ2) is 8.02. The number of aryl methyl sites for hydroxylation is 1. The van der Waals surface area contributed by atoms with Crippen LogP contribution in [0.3, 0.4) is 0 Å². The number of fused-ring (bicyclic) bond motifs is 1. The lowest BCUT2D eigenvalue weighted by Crippen LogP contribution is -2.22. The van der Waals surface area contributed by atoms with Gasteiger partial charge in [0.2, 0.25) is 6.79 Å². The van der Waals surface area contributed by atoms with Crippen molar-refractivity contribution in [3.8, 4) is 22.6 Å². The van der Waals surface area contributed by atoms with E-state index >= 15 is 0 Å². The van der Waals surface area contributed by atoms with Crippen LogP contribution in [0.2, 0.25) is 0 Å². The molecule has 172 valence electrons. The quantitative estimate of drug-likeness (QED) is 0.531. The maximum Gasteiger partial charge on any atom is 0.335 e. The summed E-state index contributed by atoms with van der Waals surface area (Å²) in [5, 5.41) is 18.8. The largest absolute Gasteiger partial charge is 0.478 e. The molecule has 0 bridgehead atoms. The summed E-state index contributed by atoms with van der Waals surface area (Å²) in [6.45, 7) is 2.04. The summed E-state index contributed by atoms with van der Waals surface area (Å²) in [4.78, 5) is 36.4. The molecule has 1 aliphatic carbocycles. The maximum atomic E-state index is 13.4. The average Bonchev–Trinajstić information content (AvgIpc) is 3.50. The molecule has 0 amide bonds. The minimum atomic E-state index is -1.20. The Labute approximate surface area is 195 Å². The van der Waals surface area contributed by atoms with E-state index in [1.807, 2.05) is 43.3 Å². The third-order valence-corrected chi connectivity index (χ3v) is 6.61. The minimum absolute atomic E-state index is 0.101. The second-order valence-corrected chi connectivity index (χ2v) is 8.81. The molecule has 2 aliphatic rings. The Morgan fingerprint density at radius 2 is 1.53 bits per heavy atom. The van der Waals surface area contributed by atoms with E-state index in [1.54, 1.807) is 0 Å². The lowest BCUT2D eigenvalue weighted by Gasteiger charge is -2.16. The Morgan fingerprint density at radius 1 is 0.853 bits per heavy atom. The Kier molecular flexibility index (Phi) is 5.12. The molecule has 1 aliphatic heterocycles. The molecule has 2 N–H and O–H groups in total. The van der Waals surface area contributed by atoms with Gasteiger partial charge in [-0.15, -0.1) is 0 Å². The number of Topliss-reactive ketones (excluding diaryl/α,β-unsaturated/α-hetero) is 1. The van der Waals surface area contributed by atoms with Gasteiger partial charge in [0, 0.05) is 6.42 Å².